The highest BCUT2D eigenvalue weighted by Gasteiger charge is 2.08. The number of ether oxygens (including phenoxy) is 1. The zero-order chi connectivity index (χ0) is 15.2. The van der Waals surface area contributed by atoms with E-state index < -0.39 is 0 Å². The summed E-state index contributed by atoms with van der Waals surface area (Å²) in [5.74, 6) is 0. The standard InChI is InChI=1S/C14H20N4O2S/c1-10-8-11(9-15-6-7-20-3)4-5-12(10)21-14-17-16-13(19)18(14)2/h4-5,8,15H,6-7,9H2,1-3H3,(H,16,19). The van der Waals surface area contributed by atoms with Crippen LogP contribution in [0, 0.1) is 6.92 Å². The molecule has 6 nitrogen and oxygen atoms in total. The minimum Gasteiger partial charge on any atom is -0.383 e. The van der Waals surface area contributed by atoms with E-state index in [2.05, 4.69) is 40.6 Å². The minimum atomic E-state index is -0.200. The molecule has 7 heteroatoms. The first-order chi connectivity index (χ1) is 10.1. The third kappa shape index (κ3) is 4.20. The number of aromatic nitrogens is 3. The Balaban J connectivity index is 2.02. The molecule has 2 rings (SSSR count). The number of methoxy groups -OCH3 is 1. The summed E-state index contributed by atoms with van der Waals surface area (Å²) < 4.78 is 6.50. The van der Waals surface area contributed by atoms with Gasteiger partial charge in [0.25, 0.3) is 0 Å². The van der Waals surface area contributed by atoms with Gasteiger partial charge in [-0.25, -0.2) is 9.89 Å². The van der Waals surface area contributed by atoms with Gasteiger partial charge in [0.1, 0.15) is 0 Å². The van der Waals surface area contributed by atoms with Gasteiger partial charge in [-0.05, 0) is 35.9 Å². The Morgan fingerprint density at radius 3 is 2.90 bits per heavy atom. The van der Waals surface area contributed by atoms with Crippen LogP contribution in [0.1, 0.15) is 11.1 Å². The molecule has 0 atom stereocenters. The van der Waals surface area contributed by atoms with Crippen LogP contribution in [0.2, 0.25) is 0 Å². The average molecular weight is 308 g/mol. The molecule has 114 valence electrons. The third-order valence-electron chi connectivity index (χ3n) is 3.09. The molecule has 0 bridgehead atoms. The molecule has 1 aromatic carbocycles. The number of hydrogen-bond donors (Lipinski definition) is 2. The number of aromatic amines is 1. The molecule has 0 unspecified atom stereocenters. The van der Waals surface area contributed by atoms with Crippen LogP contribution in [0.3, 0.4) is 0 Å². The highest BCUT2D eigenvalue weighted by atomic mass is 32.2. The molecule has 0 radical (unpaired) electrons. The molecule has 0 aliphatic carbocycles. The highest BCUT2D eigenvalue weighted by Crippen LogP contribution is 2.28. The number of hydrogen-bond acceptors (Lipinski definition) is 5. The third-order valence-corrected chi connectivity index (χ3v) is 4.32. The first-order valence-electron chi connectivity index (χ1n) is 6.70. The molecule has 1 aromatic heterocycles. The van der Waals surface area contributed by atoms with Crippen molar-refractivity contribution >= 4 is 11.8 Å². The zero-order valence-electron chi connectivity index (χ0n) is 12.5. The van der Waals surface area contributed by atoms with Crippen molar-refractivity contribution in [2.24, 2.45) is 7.05 Å². The van der Waals surface area contributed by atoms with Gasteiger partial charge >= 0.3 is 5.69 Å². The lowest BCUT2D eigenvalue weighted by Crippen LogP contribution is -2.18. The van der Waals surface area contributed by atoms with Gasteiger partial charge in [0.2, 0.25) is 0 Å². The van der Waals surface area contributed by atoms with Crippen LogP contribution in [-0.4, -0.2) is 35.0 Å². The lowest BCUT2D eigenvalue weighted by molar-refractivity contribution is 0.199. The summed E-state index contributed by atoms with van der Waals surface area (Å²) in [4.78, 5) is 12.4. The lowest BCUT2D eigenvalue weighted by atomic mass is 10.1. The van der Waals surface area contributed by atoms with Crippen LogP contribution in [0.4, 0.5) is 0 Å². The quantitative estimate of drug-likeness (QED) is 0.755. The topological polar surface area (TPSA) is 71.9 Å². The first kappa shape index (κ1) is 15.8. The summed E-state index contributed by atoms with van der Waals surface area (Å²) in [5, 5.41) is 10.4. The van der Waals surface area contributed by atoms with E-state index in [-0.39, 0.29) is 5.69 Å². The van der Waals surface area contributed by atoms with Crippen molar-refractivity contribution in [3.05, 3.63) is 39.8 Å². The summed E-state index contributed by atoms with van der Waals surface area (Å²) >= 11 is 1.48. The second-order valence-corrected chi connectivity index (χ2v) is 5.75. The molecule has 0 saturated carbocycles. The number of nitrogens with one attached hydrogen (secondary N) is 2. The maximum atomic E-state index is 11.4. The fourth-order valence-electron chi connectivity index (χ4n) is 1.87. The SMILES string of the molecule is COCCNCc1ccc(Sc2n[nH]c(=O)n2C)c(C)c1. The minimum absolute atomic E-state index is 0.200. The smallest absolute Gasteiger partial charge is 0.343 e. The van der Waals surface area contributed by atoms with Crippen LogP contribution in [0.5, 0.6) is 0 Å². The van der Waals surface area contributed by atoms with Crippen molar-refractivity contribution in [2.45, 2.75) is 23.5 Å². The van der Waals surface area contributed by atoms with Gasteiger partial charge in [0.05, 0.1) is 6.61 Å². The molecular weight excluding hydrogens is 288 g/mol. The molecule has 0 aliphatic rings. The molecule has 0 spiro atoms. The van der Waals surface area contributed by atoms with Crippen molar-refractivity contribution in [3.8, 4) is 0 Å². The van der Waals surface area contributed by atoms with Gasteiger partial charge in [0, 0.05) is 32.1 Å². The predicted octanol–water partition coefficient (Wildman–Crippen LogP) is 1.30. The van der Waals surface area contributed by atoms with Crippen LogP contribution in [-0.2, 0) is 18.3 Å². The van der Waals surface area contributed by atoms with E-state index in [4.69, 9.17) is 4.74 Å². The number of aryl methyl sites for hydroxylation is 1. The first-order valence-corrected chi connectivity index (χ1v) is 7.52. The molecule has 0 saturated heterocycles. The Labute approximate surface area is 127 Å². The van der Waals surface area contributed by atoms with Crippen molar-refractivity contribution in [1.29, 1.82) is 0 Å². The van der Waals surface area contributed by atoms with Crippen molar-refractivity contribution in [3.63, 3.8) is 0 Å². The molecule has 0 amide bonds. The van der Waals surface area contributed by atoms with Gasteiger partial charge in [-0.1, -0.05) is 12.1 Å². The summed E-state index contributed by atoms with van der Waals surface area (Å²) in [6.45, 7) is 4.42. The maximum Gasteiger partial charge on any atom is 0.343 e. The predicted molar refractivity (Wildman–Crippen MR) is 82.7 cm³/mol. The van der Waals surface area contributed by atoms with Gasteiger partial charge in [0.15, 0.2) is 5.16 Å². The normalized spacial score (nSPS) is 11.0. The van der Waals surface area contributed by atoms with Crippen LogP contribution in [0.25, 0.3) is 0 Å². The van der Waals surface area contributed by atoms with Gasteiger partial charge in [-0.2, -0.15) is 0 Å². The van der Waals surface area contributed by atoms with E-state index in [1.165, 1.54) is 27.5 Å². The summed E-state index contributed by atoms with van der Waals surface area (Å²) in [6.07, 6.45) is 0. The number of benzene rings is 1. The Morgan fingerprint density at radius 1 is 1.48 bits per heavy atom. The number of rotatable bonds is 7. The maximum absolute atomic E-state index is 11.4. The van der Waals surface area contributed by atoms with Crippen molar-refractivity contribution in [2.75, 3.05) is 20.3 Å². The van der Waals surface area contributed by atoms with Crippen molar-refractivity contribution < 1.29 is 4.74 Å². The number of nitrogens with zero attached hydrogens (tertiary/aromatic N) is 2. The highest BCUT2D eigenvalue weighted by molar-refractivity contribution is 7.99. The lowest BCUT2D eigenvalue weighted by Gasteiger charge is -2.08. The second kappa shape index (κ2) is 7.44. The molecule has 2 aromatic rings. The van der Waals surface area contributed by atoms with E-state index in [1.807, 2.05) is 0 Å². The largest absolute Gasteiger partial charge is 0.383 e. The molecule has 1 heterocycles. The fourth-order valence-corrected chi connectivity index (χ4v) is 2.73. The van der Waals surface area contributed by atoms with E-state index >= 15 is 0 Å². The number of H-pyrrole nitrogens is 1. The molecule has 2 N–H and O–H groups in total. The van der Waals surface area contributed by atoms with E-state index in [0.29, 0.717) is 11.8 Å². The monoisotopic (exact) mass is 308 g/mol. The van der Waals surface area contributed by atoms with Crippen LogP contribution < -0.4 is 11.0 Å². The Morgan fingerprint density at radius 2 is 2.29 bits per heavy atom. The molecule has 0 aliphatic heterocycles. The molecule has 0 fully saturated rings. The average Bonchev–Trinajstić information content (AvgIpc) is 2.78. The van der Waals surface area contributed by atoms with Crippen LogP contribution in [0.15, 0.2) is 33.0 Å². The van der Waals surface area contributed by atoms with Gasteiger partial charge in [-0.15, -0.1) is 5.10 Å². The van der Waals surface area contributed by atoms with Gasteiger partial charge < -0.3 is 10.1 Å². The van der Waals surface area contributed by atoms with Gasteiger partial charge in [-0.3, -0.25) is 4.57 Å². The van der Waals surface area contributed by atoms with E-state index in [1.54, 1.807) is 14.2 Å². The zero-order valence-corrected chi connectivity index (χ0v) is 13.3. The Hall–Kier alpha value is -1.57. The Bertz CT molecular complexity index is 651. The Kier molecular flexibility index (Phi) is 5.60. The summed E-state index contributed by atoms with van der Waals surface area (Å²) in [7, 11) is 3.40. The molecular formula is C14H20N4O2S. The fraction of sp³-hybridized carbons (Fsp3) is 0.429. The summed E-state index contributed by atoms with van der Waals surface area (Å²) in [5.41, 5.74) is 2.19. The molecule has 21 heavy (non-hydrogen) atoms. The van der Waals surface area contributed by atoms with E-state index in [0.717, 1.165) is 18.0 Å². The summed E-state index contributed by atoms with van der Waals surface area (Å²) in [6, 6.07) is 6.29. The van der Waals surface area contributed by atoms with Crippen LogP contribution >= 0.6 is 11.8 Å². The second-order valence-electron chi connectivity index (χ2n) is 4.74. The van der Waals surface area contributed by atoms with Crippen molar-refractivity contribution in [1.82, 2.24) is 20.1 Å². The van der Waals surface area contributed by atoms with E-state index in [9.17, 15) is 4.79 Å².